The SMILES string of the molecule is Cc1c(C(=O)NCc2ccccc2CN2CCN(c3ccccc3)CC2)sc2ncn(C)c(=O)c12. The molecule has 0 atom stereocenters. The first-order valence-corrected chi connectivity index (χ1v) is 12.6. The van der Waals surface area contributed by atoms with Crippen LogP contribution in [0.15, 0.2) is 65.7 Å². The van der Waals surface area contributed by atoms with Crippen molar-refractivity contribution in [2.24, 2.45) is 7.05 Å². The second-order valence-electron chi connectivity index (χ2n) is 8.95. The van der Waals surface area contributed by atoms with Gasteiger partial charge in [-0.25, -0.2) is 4.98 Å². The molecule has 0 radical (unpaired) electrons. The zero-order chi connectivity index (χ0) is 24.4. The largest absolute Gasteiger partial charge is 0.369 e. The maximum absolute atomic E-state index is 13.0. The van der Waals surface area contributed by atoms with Crippen molar-refractivity contribution in [3.63, 3.8) is 0 Å². The van der Waals surface area contributed by atoms with Crippen LogP contribution in [0.25, 0.3) is 10.2 Å². The Hall–Kier alpha value is -3.49. The second kappa shape index (κ2) is 10.0. The summed E-state index contributed by atoms with van der Waals surface area (Å²) in [6.07, 6.45) is 1.50. The topological polar surface area (TPSA) is 70.5 Å². The van der Waals surface area contributed by atoms with Crippen LogP contribution in [0, 0.1) is 6.92 Å². The molecule has 0 spiro atoms. The standard InChI is InChI=1S/C27H29N5O2S/c1-19-23-26(29-18-30(2)27(23)34)35-24(19)25(33)28-16-20-8-6-7-9-21(20)17-31-12-14-32(15-13-31)22-10-4-3-5-11-22/h3-11,18H,12-17H2,1-2H3,(H,28,33). The fourth-order valence-electron chi connectivity index (χ4n) is 4.61. The third-order valence-electron chi connectivity index (χ3n) is 6.66. The number of para-hydroxylation sites is 1. The van der Waals surface area contributed by atoms with Crippen LogP contribution in [0.1, 0.15) is 26.4 Å². The molecule has 8 heteroatoms. The number of piperazine rings is 1. The van der Waals surface area contributed by atoms with Crippen LogP contribution in [-0.2, 0) is 20.1 Å². The number of carbonyl (C=O) groups is 1. The molecule has 1 amide bonds. The molecule has 35 heavy (non-hydrogen) atoms. The van der Waals surface area contributed by atoms with Crippen molar-refractivity contribution in [1.29, 1.82) is 0 Å². The van der Waals surface area contributed by atoms with E-state index in [1.807, 2.05) is 13.0 Å². The number of aryl methyl sites for hydroxylation is 2. The molecule has 1 N–H and O–H groups in total. The van der Waals surface area contributed by atoms with E-state index in [1.54, 1.807) is 7.05 Å². The fourth-order valence-corrected chi connectivity index (χ4v) is 5.67. The summed E-state index contributed by atoms with van der Waals surface area (Å²) in [5.74, 6) is -0.168. The number of fused-ring (bicyclic) bond motifs is 1. The number of carbonyl (C=O) groups excluding carboxylic acids is 1. The van der Waals surface area contributed by atoms with Crippen LogP contribution in [0.2, 0.25) is 0 Å². The quantitative estimate of drug-likeness (QED) is 0.450. The van der Waals surface area contributed by atoms with Crippen molar-refractivity contribution < 1.29 is 4.79 Å². The summed E-state index contributed by atoms with van der Waals surface area (Å²) in [5, 5.41) is 3.59. The number of nitrogens with zero attached hydrogens (tertiary/aromatic N) is 4. The molecule has 2 aromatic heterocycles. The van der Waals surface area contributed by atoms with Gasteiger partial charge < -0.3 is 14.8 Å². The molecule has 3 heterocycles. The highest BCUT2D eigenvalue weighted by Gasteiger charge is 2.20. The van der Waals surface area contributed by atoms with E-state index in [2.05, 4.69) is 68.6 Å². The van der Waals surface area contributed by atoms with Crippen LogP contribution in [0.4, 0.5) is 5.69 Å². The predicted octanol–water partition coefficient (Wildman–Crippen LogP) is 3.56. The number of thiophene rings is 1. The third kappa shape index (κ3) is 4.85. The molecule has 0 saturated carbocycles. The van der Waals surface area contributed by atoms with Gasteiger partial charge in [-0.3, -0.25) is 14.5 Å². The monoisotopic (exact) mass is 487 g/mol. The van der Waals surface area contributed by atoms with Crippen LogP contribution in [0.3, 0.4) is 0 Å². The summed E-state index contributed by atoms with van der Waals surface area (Å²) in [6.45, 7) is 7.12. The number of anilines is 1. The Bertz CT molecular complexity index is 1400. The van der Waals surface area contributed by atoms with E-state index in [1.165, 1.54) is 33.5 Å². The van der Waals surface area contributed by atoms with E-state index >= 15 is 0 Å². The van der Waals surface area contributed by atoms with Gasteiger partial charge in [0.15, 0.2) is 0 Å². The van der Waals surface area contributed by atoms with E-state index < -0.39 is 0 Å². The van der Waals surface area contributed by atoms with E-state index in [4.69, 9.17) is 0 Å². The first kappa shape index (κ1) is 23.3. The van der Waals surface area contributed by atoms with Crippen LogP contribution in [0.5, 0.6) is 0 Å². The van der Waals surface area contributed by atoms with E-state index in [-0.39, 0.29) is 11.5 Å². The molecule has 7 nitrogen and oxygen atoms in total. The average Bonchev–Trinajstić information content (AvgIpc) is 3.23. The lowest BCUT2D eigenvalue weighted by atomic mass is 10.1. The number of nitrogens with one attached hydrogen (secondary N) is 1. The zero-order valence-corrected chi connectivity index (χ0v) is 20.8. The van der Waals surface area contributed by atoms with E-state index in [9.17, 15) is 9.59 Å². The summed E-state index contributed by atoms with van der Waals surface area (Å²) >= 11 is 1.27. The number of hydrogen-bond acceptors (Lipinski definition) is 6. The van der Waals surface area contributed by atoms with Gasteiger partial charge in [0.05, 0.1) is 16.6 Å². The molecule has 180 valence electrons. The second-order valence-corrected chi connectivity index (χ2v) is 9.95. The summed E-state index contributed by atoms with van der Waals surface area (Å²) < 4.78 is 1.44. The lowest BCUT2D eigenvalue weighted by molar-refractivity contribution is 0.0954. The van der Waals surface area contributed by atoms with Gasteiger partial charge in [-0.15, -0.1) is 11.3 Å². The summed E-state index contributed by atoms with van der Waals surface area (Å²) in [7, 11) is 1.67. The molecule has 5 rings (SSSR count). The van der Waals surface area contributed by atoms with Crippen molar-refractivity contribution in [1.82, 2.24) is 19.8 Å². The minimum atomic E-state index is -0.168. The first-order chi connectivity index (χ1) is 17.0. The minimum Gasteiger partial charge on any atom is -0.369 e. The average molecular weight is 488 g/mol. The van der Waals surface area contributed by atoms with Crippen LogP contribution < -0.4 is 15.8 Å². The number of rotatable bonds is 6. The molecular weight excluding hydrogens is 458 g/mol. The lowest BCUT2D eigenvalue weighted by Gasteiger charge is -2.36. The van der Waals surface area contributed by atoms with Gasteiger partial charge in [0.2, 0.25) is 0 Å². The van der Waals surface area contributed by atoms with Gasteiger partial charge in [0.25, 0.3) is 11.5 Å². The van der Waals surface area contributed by atoms with Gasteiger partial charge in [0.1, 0.15) is 4.83 Å². The van der Waals surface area contributed by atoms with Crippen molar-refractivity contribution >= 4 is 33.1 Å². The Morgan fingerprint density at radius 2 is 1.69 bits per heavy atom. The third-order valence-corrected chi connectivity index (χ3v) is 7.86. The van der Waals surface area contributed by atoms with Gasteiger partial charge in [-0.1, -0.05) is 42.5 Å². The molecule has 4 aromatic rings. The van der Waals surface area contributed by atoms with Gasteiger partial charge >= 0.3 is 0 Å². The molecule has 1 aliphatic rings. The van der Waals surface area contributed by atoms with E-state index in [0.717, 1.165) is 38.3 Å². The zero-order valence-electron chi connectivity index (χ0n) is 20.0. The maximum atomic E-state index is 13.0. The summed E-state index contributed by atoms with van der Waals surface area (Å²) in [5.41, 5.74) is 4.19. The van der Waals surface area contributed by atoms with Crippen LogP contribution >= 0.6 is 11.3 Å². The Kier molecular flexibility index (Phi) is 6.66. The molecule has 0 bridgehead atoms. The molecule has 1 fully saturated rings. The van der Waals surface area contributed by atoms with Gasteiger partial charge in [-0.2, -0.15) is 0 Å². The number of amides is 1. The number of hydrogen-bond donors (Lipinski definition) is 1. The Morgan fingerprint density at radius 1 is 1.00 bits per heavy atom. The predicted molar refractivity (Wildman–Crippen MR) is 141 cm³/mol. The first-order valence-electron chi connectivity index (χ1n) is 11.8. The molecule has 0 aliphatic carbocycles. The molecule has 0 unspecified atom stereocenters. The highest BCUT2D eigenvalue weighted by atomic mass is 32.1. The van der Waals surface area contributed by atoms with Crippen molar-refractivity contribution in [2.45, 2.75) is 20.0 Å². The highest BCUT2D eigenvalue weighted by molar-refractivity contribution is 7.20. The Balaban J connectivity index is 1.24. The summed E-state index contributed by atoms with van der Waals surface area (Å²) in [6, 6.07) is 18.8. The van der Waals surface area contributed by atoms with Crippen molar-refractivity contribution in [3.8, 4) is 0 Å². The van der Waals surface area contributed by atoms with E-state index in [0.29, 0.717) is 27.2 Å². The Morgan fingerprint density at radius 3 is 2.43 bits per heavy atom. The van der Waals surface area contributed by atoms with Crippen molar-refractivity contribution in [3.05, 3.63) is 92.8 Å². The highest BCUT2D eigenvalue weighted by Crippen LogP contribution is 2.27. The van der Waals surface area contributed by atoms with Crippen molar-refractivity contribution in [2.75, 3.05) is 31.1 Å². The minimum absolute atomic E-state index is 0.125. The molecule has 1 saturated heterocycles. The lowest BCUT2D eigenvalue weighted by Crippen LogP contribution is -2.46. The summed E-state index contributed by atoms with van der Waals surface area (Å²) in [4.78, 5) is 35.9. The smallest absolute Gasteiger partial charge is 0.262 e. The number of benzene rings is 2. The van der Waals surface area contributed by atoms with Crippen LogP contribution in [-0.4, -0.2) is 46.5 Å². The normalized spacial score (nSPS) is 14.4. The van der Waals surface area contributed by atoms with Gasteiger partial charge in [-0.05, 0) is 35.7 Å². The molecular formula is C27H29N5O2S. The molecule has 1 aliphatic heterocycles. The fraction of sp³-hybridized carbons (Fsp3) is 0.296. The Labute approximate surface area is 208 Å². The molecule has 2 aromatic carbocycles. The van der Waals surface area contributed by atoms with Gasteiger partial charge in [0, 0.05) is 52.0 Å². The maximum Gasteiger partial charge on any atom is 0.262 e. The number of aromatic nitrogens is 2.